The average molecular weight is 463 g/mol. The minimum atomic E-state index is -4.85. The van der Waals surface area contributed by atoms with Gasteiger partial charge < -0.3 is 10.1 Å². The topological polar surface area (TPSA) is 51.2 Å². The van der Waals surface area contributed by atoms with Gasteiger partial charge in [0.1, 0.15) is 22.3 Å². The predicted octanol–water partition coefficient (Wildman–Crippen LogP) is 6.33. The summed E-state index contributed by atoms with van der Waals surface area (Å²) in [7, 11) is 1.31. The Kier molecular flexibility index (Phi) is 6.00. The van der Waals surface area contributed by atoms with Gasteiger partial charge in [0.05, 0.1) is 22.8 Å². The quantitative estimate of drug-likeness (QED) is 0.461. The minimum Gasteiger partial charge on any atom is -0.495 e. The highest BCUT2D eigenvalue weighted by atomic mass is 35.5. The number of hydrogen-bond acceptors (Lipinski definition) is 4. The molecular formula is C19H12ClF5N2O2S. The number of rotatable bonds is 4. The van der Waals surface area contributed by atoms with Crippen molar-refractivity contribution in [2.24, 2.45) is 0 Å². The van der Waals surface area contributed by atoms with Gasteiger partial charge in [-0.1, -0.05) is 11.6 Å². The van der Waals surface area contributed by atoms with Crippen molar-refractivity contribution in [1.29, 1.82) is 0 Å². The normalized spacial score (nSPS) is 11.5. The number of nitrogens with one attached hydrogen (secondary N) is 1. The minimum absolute atomic E-state index is 0.0126. The highest BCUT2D eigenvalue weighted by Gasteiger charge is 2.39. The van der Waals surface area contributed by atoms with E-state index in [1.807, 2.05) is 0 Å². The van der Waals surface area contributed by atoms with E-state index in [9.17, 15) is 26.7 Å². The third-order valence-electron chi connectivity index (χ3n) is 3.97. The number of aromatic nitrogens is 1. The van der Waals surface area contributed by atoms with Crippen LogP contribution in [-0.4, -0.2) is 18.0 Å². The molecule has 3 aromatic rings. The smallest absolute Gasteiger partial charge is 0.435 e. The van der Waals surface area contributed by atoms with E-state index < -0.39 is 34.3 Å². The average Bonchev–Trinajstić information content (AvgIpc) is 3.05. The number of nitrogens with zero attached hydrogens (tertiary/aromatic N) is 1. The van der Waals surface area contributed by atoms with Crippen LogP contribution in [0.2, 0.25) is 5.02 Å². The second kappa shape index (κ2) is 8.19. The predicted molar refractivity (Wildman–Crippen MR) is 103 cm³/mol. The molecule has 0 unspecified atom stereocenters. The number of thiazole rings is 1. The number of methoxy groups -OCH3 is 1. The maximum absolute atomic E-state index is 14.5. The molecule has 0 aliphatic heterocycles. The lowest BCUT2D eigenvalue weighted by Crippen LogP contribution is -2.17. The number of ether oxygens (including phenoxy) is 1. The van der Waals surface area contributed by atoms with E-state index in [1.54, 1.807) is 0 Å². The first kappa shape index (κ1) is 22.0. The van der Waals surface area contributed by atoms with E-state index in [-0.39, 0.29) is 32.6 Å². The highest BCUT2D eigenvalue weighted by molar-refractivity contribution is 7.13. The molecule has 0 aliphatic rings. The first-order chi connectivity index (χ1) is 14.0. The van der Waals surface area contributed by atoms with E-state index in [2.05, 4.69) is 10.3 Å². The molecule has 1 amide bonds. The Morgan fingerprint density at radius 1 is 1.17 bits per heavy atom. The number of halogens is 6. The summed E-state index contributed by atoms with van der Waals surface area (Å²) >= 11 is 6.41. The number of alkyl halides is 3. The Hall–Kier alpha value is -2.72. The Bertz CT molecular complexity index is 1130. The Morgan fingerprint density at radius 2 is 1.87 bits per heavy atom. The Labute approximate surface area is 176 Å². The largest absolute Gasteiger partial charge is 0.495 e. The maximum atomic E-state index is 14.5. The van der Waals surface area contributed by atoms with Crippen LogP contribution in [0.15, 0.2) is 30.3 Å². The molecule has 158 valence electrons. The molecule has 0 saturated heterocycles. The van der Waals surface area contributed by atoms with Gasteiger partial charge >= 0.3 is 6.18 Å². The summed E-state index contributed by atoms with van der Waals surface area (Å²) < 4.78 is 72.9. The first-order valence-electron chi connectivity index (χ1n) is 8.20. The zero-order chi connectivity index (χ0) is 22.2. The number of aryl methyl sites for hydroxylation is 1. The number of carbonyl (C=O) groups is 1. The van der Waals surface area contributed by atoms with Gasteiger partial charge in [0, 0.05) is 11.1 Å². The highest BCUT2D eigenvalue weighted by Crippen LogP contribution is 2.38. The molecular weight excluding hydrogens is 451 g/mol. The van der Waals surface area contributed by atoms with Gasteiger partial charge in [-0.3, -0.25) is 4.79 Å². The van der Waals surface area contributed by atoms with Crippen molar-refractivity contribution in [2.75, 3.05) is 12.4 Å². The first-order valence-corrected chi connectivity index (χ1v) is 9.39. The fourth-order valence-electron chi connectivity index (χ4n) is 2.70. The van der Waals surface area contributed by atoms with Crippen molar-refractivity contribution in [1.82, 2.24) is 4.98 Å². The molecule has 1 heterocycles. The molecule has 0 saturated carbocycles. The van der Waals surface area contributed by atoms with E-state index in [0.29, 0.717) is 11.3 Å². The second-order valence-electron chi connectivity index (χ2n) is 6.02. The van der Waals surface area contributed by atoms with E-state index in [1.165, 1.54) is 26.2 Å². The van der Waals surface area contributed by atoms with E-state index in [4.69, 9.17) is 16.3 Å². The van der Waals surface area contributed by atoms with Crippen molar-refractivity contribution in [3.05, 3.63) is 62.6 Å². The molecule has 30 heavy (non-hydrogen) atoms. The van der Waals surface area contributed by atoms with E-state index >= 15 is 0 Å². The molecule has 0 spiro atoms. The third kappa shape index (κ3) is 4.39. The summed E-state index contributed by atoms with van der Waals surface area (Å²) in [6.45, 7) is 1.32. The molecule has 11 heteroatoms. The molecule has 0 aliphatic carbocycles. The number of anilines is 1. The Morgan fingerprint density at radius 3 is 2.50 bits per heavy atom. The van der Waals surface area contributed by atoms with Gasteiger partial charge in [-0.25, -0.2) is 13.8 Å². The van der Waals surface area contributed by atoms with Crippen LogP contribution in [0, 0.1) is 18.6 Å². The van der Waals surface area contributed by atoms with Crippen molar-refractivity contribution in [2.45, 2.75) is 13.1 Å². The van der Waals surface area contributed by atoms with Crippen molar-refractivity contribution < 1.29 is 31.5 Å². The Balaban J connectivity index is 2.08. The lowest BCUT2D eigenvalue weighted by molar-refractivity contribution is -0.141. The third-order valence-corrected chi connectivity index (χ3v) is 5.24. The van der Waals surface area contributed by atoms with Crippen LogP contribution < -0.4 is 10.1 Å². The number of amides is 1. The monoisotopic (exact) mass is 462 g/mol. The summed E-state index contributed by atoms with van der Waals surface area (Å²) in [6, 6.07) is 5.27. The second-order valence-corrected chi connectivity index (χ2v) is 7.63. The van der Waals surface area contributed by atoms with Gasteiger partial charge in [-0.2, -0.15) is 13.2 Å². The zero-order valence-electron chi connectivity index (χ0n) is 15.3. The lowest BCUT2D eigenvalue weighted by atomic mass is 10.0. The van der Waals surface area contributed by atoms with Crippen LogP contribution >= 0.6 is 22.9 Å². The number of benzene rings is 2. The van der Waals surface area contributed by atoms with Gasteiger partial charge in [0.15, 0.2) is 5.69 Å². The van der Waals surface area contributed by atoms with Crippen LogP contribution in [0.25, 0.3) is 11.1 Å². The molecule has 0 radical (unpaired) electrons. The van der Waals surface area contributed by atoms with Crippen LogP contribution in [0.1, 0.15) is 20.4 Å². The van der Waals surface area contributed by atoms with E-state index in [0.717, 1.165) is 18.2 Å². The van der Waals surface area contributed by atoms with Crippen LogP contribution in [-0.2, 0) is 6.18 Å². The van der Waals surface area contributed by atoms with Gasteiger partial charge in [-0.05, 0) is 37.3 Å². The van der Waals surface area contributed by atoms with Crippen molar-refractivity contribution in [3.63, 3.8) is 0 Å². The van der Waals surface area contributed by atoms with Crippen LogP contribution in [0.3, 0.4) is 0 Å². The fourth-order valence-corrected chi connectivity index (χ4v) is 3.76. The van der Waals surface area contributed by atoms with Crippen molar-refractivity contribution >= 4 is 34.5 Å². The maximum Gasteiger partial charge on any atom is 0.435 e. The summed E-state index contributed by atoms with van der Waals surface area (Å²) in [5, 5.41) is 2.24. The SMILES string of the molecule is COc1cc(-c2ccc(F)cc2NC(=O)c2sc(C)nc2C(F)(F)F)c(F)cc1Cl. The molecule has 0 atom stereocenters. The van der Waals surface area contributed by atoms with Crippen molar-refractivity contribution in [3.8, 4) is 16.9 Å². The van der Waals surface area contributed by atoms with Gasteiger partial charge in [0.2, 0.25) is 0 Å². The molecule has 2 aromatic carbocycles. The zero-order valence-corrected chi connectivity index (χ0v) is 16.9. The molecule has 1 aromatic heterocycles. The lowest BCUT2D eigenvalue weighted by Gasteiger charge is -2.14. The van der Waals surface area contributed by atoms with Gasteiger partial charge in [0.25, 0.3) is 5.91 Å². The molecule has 1 N–H and O–H groups in total. The molecule has 3 rings (SSSR count). The standard InChI is InChI=1S/C19H12ClF5N2O2S/c1-8-26-17(19(23,24)25)16(30-8)18(28)27-14-5-9(21)3-4-10(14)11-6-15(29-2)12(20)7-13(11)22/h3-7H,1-2H3,(H,27,28). The molecule has 0 fully saturated rings. The summed E-state index contributed by atoms with van der Waals surface area (Å²) in [5.41, 5.74) is -1.66. The van der Waals surface area contributed by atoms with Crippen LogP contribution in [0.4, 0.5) is 27.6 Å². The molecule has 0 bridgehead atoms. The van der Waals surface area contributed by atoms with Gasteiger partial charge in [-0.15, -0.1) is 11.3 Å². The summed E-state index contributed by atoms with van der Waals surface area (Å²) in [5.74, 6) is -2.62. The fraction of sp³-hybridized carbons (Fsp3) is 0.158. The number of carbonyl (C=O) groups excluding carboxylic acids is 1. The molecule has 4 nitrogen and oxygen atoms in total. The summed E-state index contributed by atoms with van der Waals surface area (Å²) in [4.78, 5) is 15.2. The van der Waals surface area contributed by atoms with Crippen LogP contribution in [0.5, 0.6) is 5.75 Å². The summed E-state index contributed by atoms with van der Waals surface area (Å²) in [6.07, 6.45) is -4.85. The number of hydrogen-bond donors (Lipinski definition) is 1.